The molecule has 0 saturated heterocycles. The Morgan fingerprint density at radius 1 is 1.20 bits per heavy atom. The molecule has 1 amide bonds. The maximum atomic E-state index is 12.4. The second kappa shape index (κ2) is 6.90. The zero-order chi connectivity index (χ0) is 14.6. The van der Waals surface area contributed by atoms with Crippen LogP contribution in [0.3, 0.4) is 0 Å². The number of hydrogen-bond acceptors (Lipinski definition) is 3. The fourth-order valence-electron chi connectivity index (χ4n) is 3.95. The third-order valence-corrected chi connectivity index (χ3v) is 5.30. The Morgan fingerprint density at radius 3 is 2.35 bits per heavy atom. The lowest BCUT2D eigenvalue weighted by Crippen LogP contribution is -2.46. The van der Waals surface area contributed by atoms with E-state index in [0.29, 0.717) is 6.54 Å². The van der Waals surface area contributed by atoms with E-state index in [1.54, 1.807) is 11.9 Å². The molecule has 2 aliphatic rings. The smallest absolute Gasteiger partial charge is 0.251 e. The molecule has 0 aliphatic heterocycles. The molecular weight excluding hydrogens is 254 g/mol. The number of likely N-dealkylation sites (N-methyl/N-ethyl adjacent to an activating group) is 1. The summed E-state index contributed by atoms with van der Waals surface area (Å²) in [7, 11) is 1.77. The largest absolute Gasteiger partial charge is 0.396 e. The molecule has 2 saturated carbocycles. The molecule has 2 N–H and O–H groups in total. The van der Waals surface area contributed by atoms with E-state index in [4.69, 9.17) is 0 Å². The summed E-state index contributed by atoms with van der Waals surface area (Å²) in [6.07, 6.45) is 8.79. The molecular formula is C16H29NO3. The predicted octanol–water partition coefficient (Wildman–Crippen LogP) is 1.94. The normalized spacial score (nSPS) is 24.6. The van der Waals surface area contributed by atoms with E-state index in [1.807, 2.05) is 0 Å². The molecule has 4 heteroatoms. The molecule has 0 bridgehead atoms. The van der Waals surface area contributed by atoms with Crippen LogP contribution in [0.2, 0.25) is 0 Å². The van der Waals surface area contributed by atoms with Crippen LogP contribution in [0.25, 0.3) is 0 Å². The zero-order valence-electron chi connectivity index (χ0n) is 12.7. The van der Waals surface area contributed by atoms with E-state index in [9.17, 15) is 15.0 Å². The van der Waals surface area contributed by atoms with Crippen LogP contribution in [-0.4, -0.2) is 47.3 Å². The molecule has 0 aromatic carbocycles. The highest BCUT2D eigenvalue weighted by Crippen LogP contribution is 2.38. The van der Waals surface area contributed by atoms with Crippen LogP contribution < -0.4 is 0 Å². The summed E-state index contributed by atoms with van der Waals surface area (Å²) in [5.74, 6) is -0.0241. The molecule has 116 valence electrons. The van der Waals surface area contributed by atoms with Crippen molar-refractivity contribution in [2.45, 2.75) is 63.9 Å². The summed E-state index contributed by atoms with van der Waals surface area (Å²) in [6.45, 7) is 0.719. The summed E-state index contributed by atoms with van der Waals surface area (Å²) < 4.78 is 0. The molecule has 4 nitrogen and oxygen atoms in total. The minimum atomic E-state index is -0.850. The van der Waals surface area contributed by atoms with Gasteiger partial charge in [0.1, 0.15) is 6.10 Å². The van der Waals surface area contributed by atoms with Crippen LogP contribution in [0, 0.1) is 11.3 Å². The number of amides is 1. The topological polar surface area (TPSA) is 60.8 Å². The molecule has 2 fully saturated rings. The second-order valence-corrected chi connectivity index (χ2v) is 6.90. The van der Waals surface area contributed by atoms with E-state index >= 15 is 0 Å². The van der Waals surface area contributed by atoms with Crippen molar-refractivity contribution in [2.24, 2.45) is 11.3 Å². The monoisotopic (exact) mass is 283 g/mol. The molecule has 0 aromatic rings. The number of carbonyl (C=O) groups excluding carboxylic acids is 1. The zero-order valence-corrected chi connectivity index (χ0v) is 12.7. The number of aliphatic hydroxyl groups is 2. The van der Waals surface area contributed by atoms with Crippen LogP contribution in [0.15, 0.2) is 0 Å². The van der Waals surface area contributed by atoms with Gasteiger partial charge in [0.2, 0.25) is 0 Å². The van der Waals surface area contributed by atoms with Crippen LogP contribution in [0.4, 0.5) is 0 Å². The number of carbonyl (C=O) groups is 1. The lowest BCUT2D eigenvalue weighted by atomic mass is 9.84. The summed E-state index contributed by atoms with van der Waals surface area (Å²) in [4.78, 5) is 14.0. The second-order valence-electron chi connectivity index (χ2n) is 6.90. The number of nitrogens with zero attached hydrogens (tertiary/aromatic N) is 1. The van der Waals surface area contributed by atoms with Gasteiger partial charge in [-0.05, 0) is 31.6 Å². The summed E-state index contributed by atoms with van der Waals surface area (Å²) in [5, 5.41) is 19.9. The van der Waals surface area contributed by atoms with Gasteiger partial charge in [-0.2, -0.15) is 0 Å². The molecule has 0 radical (unpaired) electrons. The maximum absolute atomic E-state index is 12.4. The molecule has 2 aliphatic carbocycles. The van der Waals surface area contributed by atoms with Gasteiger partial charge in [0, 0.05) is 19.0 Å². The van der Waals surface area contributed by atoms with E-state index in [0.717, 1.165) is 51.4 Å². The van der Waals surface area contributed by atoms with Gasteiger partial charge in [0.15, 0.2) is 0 Å². The lowest BCUT2D eigenvalue weighted by molar-refractivity contribution is -0.144. The number of rotatable bonds is 5. The van der Waals surface area contributed by atoms with Gasteiger partial charge in [-0.25, -0.2) is 0 Å². The van der Waals surface area contributed by atoms with Crippen molar-refractivity contribution in [1.29, 1.82) is 0 Å². The van der Waals surface area contributed by atoms with Crippen LogP contribution >= 0.6 is 0 Å². The van der Waals surface area contributed by atoms with Crippen molar-refractivity contribution in [3.8, 4) is 0 Å². The van der Waals surface area contributed by atoms with Gasteiger partial charge >= 0.3 is 0 Å². The first-order chi connectivity index (χ1) is 9.58. The number of aliphatic hydroxyl groups excluding tert-OH is 2. The first kappa shape index (κ1) is 15.8. The minimum absolute atomic E-state index is 0.128. The van der Waals surface area contributed by atoms with Crippen molar-refractivity contribution >= 4 is 5.91 Å². The van der Waals surface area contributed by atoms with Crippen molar-refractivity contribution in [2.75, 3.05) is 20.2 Å². The summed E-state index contributed by atoms with van der Waals surface area (Å²) >= 11 is 0. The van der Waals surface area contributed by atoms with E-state index < -0.39 is 6.10 Å². The van der Waals surface area contributed by atoms with Crippen LogP contribution in [0.5, 0.6) is 0 Å². The number of hydrogen-bond donors (Lipinski definition) is 2. The summed E-state index contributed by atoms with van der Waals surface area (Å²) in [6, 6.07) is 0. The standard InChI is InChI=1S/C16H29NO3/c1-17(11-16(12-18)9-5-6-10-16)15(20)14(19)13-7-3-2-4-8-13/h13-14,18-19H,2-12H2,1H3/t14-/m1/s1. The van der Waals surface area contributed by atoms with Crippen LogP contribution in [0.1, 0.15) is 57.8 Å². The van der Waals surface area contributed by atoms with Crippen molar-refractivity contribution in [3.63, 3.8) is 0 Å². The van der Waals surface area contributed by atoms with Crippen molar-refractivity contribution in [1.82, 2.24) is 4.90 Å². The Morgan fingerprint density at radius 2 is 1.80 bits per heavy atom. The average Bonchev–Trinajstić information content (AvgIpc) is 2.95. The molecule has 20 heavy (non-hydrogen) atoms. The molecule has 2 rings (SSSR count). The quantitative estimate of drug-likeness (QED) is 0.810. The molecule has 0 unspecified atom stereocenters. The third kappa shape index (κ3) is 3.53. The Bertz CT molecular complexity index is 320. The van der Waals surface area contributed by atoms with Gasteiger partial charge in [0.25, 0.3) is 5.91 Å². The Balaban J connectivity index is 1.90. The molecule has 0 heterocycles. The van der Waals surface area contributed by atoms with Gasteiger partial charge in [0.05, 0.1) is 6.61 Å². The molecule has 0 aromatic heterocycles. The molecule has 1 atom stereocenters. The van der Waals surface area contributed by atoms with E-state index in [2.05, 4.69) is 0 Å². The van der Waals surface area contributed by atoms with Crippen LogP contribution in [-0.2, 0) is 4.79 Å². The molecule has 0 spiro atoms. The SMILES string of the molecule is CN(CC1(CO)CCCC1)C(=O)[C@H](O)C1CCCCC1. The minimum Gasteiger partial charge on any atom is -0.396 e. The summed E-state index contributed by atoms with van der Waals surface area (Å²) in [5.41, 5.74) is -0.128. The van der Waals surface area contributed by atoms with E-state index in [-0.39, 0.29) is 23.8 Å². The first-order valence-electron chi connectivity index (χ1n) is 8.12. The van der Waals surface area contributed by atoms with E-state index in [1.165, 1.54) is 6.42 Å². The Kier molecular flexibility index (Phi) is 5.44. The first-order valence-corrected chi connectivity index (χ1v) is 8.12. The van der Waals surface area contributed by atoms with Gasteiger partial charge in [-0.1, -0.05) is 32.1 Å². The van der Waals surface area contributed by atoms with Crippen molar-refractivity contribution in [3.05, 3.63) is 0 Å². The fraction of sp³-hybridized carbons (Fsp3) is 0.938. The fourth-order valence-corrected chi connectivity index (χ4v) is 3.95. The highest BCUT2D eigenvalue weighted by Gasteiger charge is 2.37. The third-order valence-electron chi connectivity index (χ3n) is 5.30. The maximum Gasteiger partial charge on any atom is 0.251 e. The van der Waals surface area contributed by atoms with Gasteiger partial charge < -0.3 is 15.1 Å². The van der Waals surface area contributed by atoms with Gasteiger partial charge in [-0.15, -0.1) is 0 Å². The highest BCUT2D eigenvalue weighted by molar-refractivity contribution is 5.80. The van der Waals surface area contributed by atoms with Crippen molar-refractivity contribution < 1.29 is 15.0 Å². The highest BCUT2D eigenvalue weighted by atomic mass is 16.3. The average molecular weight is 283 g/mol. The Labute approximate surface area is 122 Å². The predicted molar refractivity (Wildman–Crippen MR) is 78.2 cm³/mol. The Hall–Kier alpha value is -0.610. The lowest BCUT2D eigenvalue weighted by Gasteiger charge is -2.34. The van der Waals surface area contributed by atoms with Gasteiger partial charge in [-0.3, -0.25) is 4.79 Å².